The normalized spacial score (nSPS) is 45.0. The predicted molar refractivity (Wildman–Crippen MR) is 37.1 cm³/mol. The largest absolute Gasteiger partial charge is 0.244 e. The minimum atomic E-state index is -0.850. The molecule has 1 saturated carbocycles. The van der Waals surface area contributed by atoms with E-state index in [9.17, 15) is 4.39 Å². The molecule has 9 heavy (non-hydrogen) atoms. The van der Waals surface area contributed by atoms with Crippen LogP contribution in [0.15, 0.2) is 0 Å². The molecule has 0 spiro atoms. The molecule has 1 rings (SSSR count). The minimum Gasteiger partial charge on any atom is -0.244 e. The van der Waals surface area contributed by atoms with Crippen LogP contribution in [0.5, 0.6) is 0 Å². The quantitative estimate of drug-likeness (QED) is 0.473. The fraction of sp³-hybridized carbons (Fsp3) is 1.00. The number of hydrogen-bond acceptors (Lipinski definition) is 0. The van der Waals surface area contributed by atoms with E-state index in [1.165, 1.54) is 6.42 Å². The molecule has 0 saturated heterocycles. The molecule has 1 fully saturated rings. The molecule has 1 aliphatic rings. The van der Waals surface area contributed by atoms with Gasteiger partial charge in [-0.3, -0.25) is 0 Å². The summed E-state index contributed by atoms with van der Waals surface area (Å²) < 4.78 is 13.1. The number of halogens is 1. The Labute approximate surface area is 56.5 Å². The third kappa shape index (κ3) is 1.96. The van der Waals surface area contributed by atoms with Crippen molar-refractivity contribution in [3.8, 4) is 0 Å². The van der Waals surface area contributed by atoms with Crippen molar-refractivity contribution in [1.29, 1.82) is 0 Å². The summed E-state index contributed by atoms with van der Waals surface area (Å²) in [6, 6.07) is 0. The Balaban J connectivity index is 2.41. The van der Waals surface area contributed by atoms with Crippen molar-refractivity contribution >= 4 is 0 Å². The molecule has 0 amide bonds. The summed E-state index contributed by atoms with van der Waals surface area (Å²) >= 11 is 0. The SMILES string of the molecule is CC1CCCC(C)(F)C1. The summed E-state index contributed by atoms with van der Waals surface area (Å²) in [7, 11) is 0. The van der Waals surface area contributed by atoms with Crippen LogP contribution < -0.4 is 0 Å². The van der Waals surface area contributed by atoms with Gasteiger partial charge in [0.15, 0.2) is 0 Å². The zero-order valence-corrected chi connectivity index (χ0v) is 6.28. The summed E-state index contributed by atoms with van der Waals surface area (Å²) in [6.45, 7) is 3.86. The van der Waals surface area contributed by atoms with Crippen molar-refractivity contribution in [2.24, 2.45) is 5.92 Å². The van der Waals surface area contributed by atoms with Crippen LogP contribution in [0.4, 0.5) is 4.39 Å². The van der Waals surface area contributed by atoms with Gasteiger partial charge in [-0.1, -0.05) is 19.8 Å². The second-order valence-corrected chi connectivity index (χ2v) is 3.61. The van der Waals surface area contributed by atoms with E-state index < -0.39 is 5.67 Å². The molecule has 0 nitrogen and oxygen atoms in total. The summed E-state index contributed by atoms with van der Waals surface area (Å²) in [5, 5.41) is 0. The van der Waals surface area contributed by atoms with Gasteiger partial charge in [0, 0.05) is 0 Å². The lowest BCUT2D eigenvalue weighted by molar-refractivity contribution is 0.100. The third-order valence-corrected chi connectivity index (χ3v) is 2.17. The smallest absolute Gasteiger partial charge is 0.108 e. The van der Waals surface area contributed by atoms with Gasteiger partial charge in [0.1, 0.15) is 5.67 Å². The maximum atomic E-state index is 13.1. The van der Waals surface area contributed by atoms with Gasteiger partial charge in [0.2, 0.25) is 0 Å². The number of rotatable bonds is 0. The molecule has 0 aromatic carbocycles. The van der Waals surface area contributed by atoms with E-state index in [0.717, 1.165) is 19.3 Å². The van der Waals surface area contributed by atoms with Crippen molar-refractivity contribution in [1.82, 2.24) is 0 Å². The molecule has 2 unspecified atom stereocenters. The molecular formula is C8H15F. The van der Waals surface area contributed by atoms with Crippen LogP contribution in [0.2, 0.25) is 0 Å². The standard InChI is InChI=1S/C8H15F/c1-7-4-3-5-8(2,9)6-7/h7H,3-6H2,1-2H3. The molecule has 0 N–H and O–H groups in total. The van der Waals surface area contributed by atoms with Gasteiger partial charge in [0.05, 0.1) is 0 Å². The first-order valence-electron chi connectivity index (χ1n) is 3.79. The van der Waals surface area contributed by atoms with E-state index in [2.05, 4.69) is 6.92 Å². The van der Waals surface area contributed by atoms with Gasteiger partial charge in [-0.2, -0.15) is 0 Å². The molecule has 2 atom stereocenters. The fourth-order valence-corrected chi connectivity index (χ4v) is 1.75. The Bertz CT molecular complexity index is 96.7. The maximum Gasteiger partial charge on any atom is 0.108 e. The van der Waals surface area contributed by atoms with E-state index in [4.69, 9.17) is 0 Å². The molecule has 1 heteroatoms. The highest BCUT2D eigenvalue weighted by Gasteiger charge is 2.29. The Morgan fingerprint density at radius 2 is 2.22 bits per heavy atom. The van der Waals surface area contributed by atoms with E-state index >= 15 is 0 Å². The average Bonchev–Trinajstić information content (AvgIpc) is 1.60. The van der Waals surface area contributed by atoms with Crippen molar-refractivity contribution in [3.63, 3.8) is 0 Å². The molecule has 0 aromatic heterocycles. The van der Waals surface area contributed by atoms with Gasteiger partial charge in [-0.05, 0) is 25.7 Å². The van der Waals surface area contributed by atoms with Gasteiger partial charge in [-0.15, -0.1) is 0 Å². The molecule has 0 aliphatic heterocycles. The first kappa shape index (κ1) is 7.04. The van der Waals surface area contributed by atoms with Gasteiger partial charge in [0.25, 0.3) is 0 Å². The van der Waals surface area contributed by atoms with Crippen LogP contribution in [-0.4, -0.2) is 5.67 Å². The van der Waals surface area contributed by atoms with Crippen LogP contribution in [0.1, 0.15) is 39.5 Å². The molecule has 1 aliphatic carbocycles. The van der Waals surface area contributed by atoms with Crippen molar-refractivity contribution in [2.45, 2.75) is 45.2 Å². The molecule has 54 valence electrons. The zero-order valence-electron chi connectivity index (χ0n) is 6.28. The Kier molecular flexibility index (Phi) is 1.78. The molecule has 0 radical (unpaired) electrons. The summed E-state index contributed by atoms with van der Waals surface area (Å²) in [5.41, 5.74) is -0.850. The van der Waals surface area contributed by atoms with E-state index in [1.807, 2.05) is 0 Å². The Hall–Kier alpha value is -0.0700. The van der Waals surface area contributed by atoms with E-state index in [-0.39, 0.29) is 0 Å². The molecule has 0 bridgehead atoms. The van der Waals surface area contributed by atoms with Crippen molar-refractivity contribution in [3.05, 3.63) is 0 Å². The molecule has 0 aromatic rings. The second kappa shape index (κ2) is 2.28. The van der Waals surface area contributed by atoms with E-state index in [0.29, 0.717) is 5.92 Å². The topological polar surface area (TPSA) is 0 Å². The average molecular weight is 130 g/mol. The highest BCUT2D eigenvalue weighted by Crippen LogP contribution is 2.34. The number of hydrogen-bond donors (Lipinski definition) is 0. The lowest BCUT2D eigenvalue weighted by Gasteiger charge is -2.29. The van der Waals surface area contributed by atoms with Crippen LogP contribution in [0, 0.1) is 5.92 Å². The minimum absolute atomic E-state index is 0.605. The first-order chi connectivity index (χ1) is 4.10. The first-order valence-corrected chi connectivity index (χ1v) is 3.79. The highest BCUT2D eigenvalue weighted by atomic mass is 19.1. The van der Waals surface area contributed by atoms with Crippen LogP contribution in [0.3, 0.4) is 0 Å². The van der Waals surface area contributed by atoms with Gasteiger partial charge < -0.3 is 0 Å². The summed E-state index contributed by atoms with van der Waals surface area (Å²) in [4.78, 5) is 0. The molecular weight excluding hydrogens is 115 g/mol. The summed E-state index contributed by atoms with van der Waals surface area (Å²) in [6.07, 6.45) is 3.85. The summed E-state index contributed by atoms with van der Waals surface area (Å²) in [5.74, 6) is 0.605. The van der Waals surface area contributed by atoms with Crippen molar-refractivity contribution < 1.29 is 4.39 Å². The third-order valence-electron chi connectivity index (χ3n) is 2.17. The molecule has 0 heterocycles. The van der Waals surface area contributed by atoms with E-state index in [1.54, 1.807) is 6.92 Å². The van der Waals surface area contributed by atoms with Gasteiger partial charge in [-0.25, -0.2) is 4.39 Å². The van der Waals surface area contributed by atoms with Crippen LogP contribution in [0.25, 0.3) is 0 Å². The Morgan fingerprint density at radius 1 is 1.56 bits per heavy atom. The second-order valence-electron chi connectivity index (χ2n) is 3.61. The fourth-order valence-electron chi connectivity index (χ4n) is 1.75. The Morgan fingerprint density at radius 3 is 2.56 bits per heavy atom. The lowest BCUT2D eigenvalue weighted by atomic mass is 9.81. The zero-order chi connectivity index (χ0) is 6.91. The van der Waals surface area contributed by atoms with Gasteiger partial charge >= 0.3 is 0 Å². The highest BCUT2D eigenvalue weighted by molar-refractivity contribution is 4.80. The maximum absolute atomic E-state index is 13.1. The predicted octanol–water partition coefficient (Wildman–Crippen LogP) is 2.92. The van der Waals surface area contributed by atoms with Crippen molar-refractivity contribution in [2.75, 3.05) is 0 Å². The number of alkyl halides is 1. The van der Waals surface area contributed by atoms with Crippen LogP contribution in [-0.2, 0) is 0 Å². The van der Waals surface area contributed by atoms with Crippen LogP contribution >= 0.6 is 0 Å². The monoisotopic (exact) mass is 130 g/mol. The lowest BCUT2D eigenvalue weighted by Crippen LogP contribution is -2.25.